The Balaban J connectivity index is 2.37. The topological polar surface area (TPSA) is 90.3 Å². The van der Waals surface area contributed by atoms with Crippen molar-refractivity contribution >= 4 is 27.3 Å². The van der Waals surface area contributed by atoms with Crippen LogP contribution in [0.5, 0.6) is 0 Å². The predicted octanol–water partition coefficient (Wildman–Crippen LogP) is 3.09. The molecule has 0 heterocycles. The Morgan fingerprint density at radius 3 is 2.22 bits per heavy atom. The maximum absolute atomic E-state index is 12.5. The minimum atomic E-state index is -3.66. The van der Waals surface area contributed by atoms with Gasteiger partial charge in [-0.3, -0.25) is 9.10 Å². The maximum Gasteiger partial charge on any atom is 0.245 e. The van der Waals surface area contributed by atoms with Crippen LogP contribution in [-0.2, 0) is 27.7 Å². The first kappa shape index (κ1) is 20.5. The number of hydrogen-bond acceptors (Lipinski definition) is 4. The number of anilines is 2. The number of nitrogens with one attached hydrogen (secondary N) is 1. The molecule has 7 heteroatoms. The molecule has 0 aliphatic heterocycles. The average Bonchev–Trinajstić information content (AvgIpc) is 2.64. The Bertz CT molecular complexity index is 956. The van der Waals surface area contributed by atoms with Gasteiger partial charge in [-0.25, -0.2) is 8.42 Å². The van der Waals surface area contributed by atoms with E-state index < -0.39 is 15.9 Å². The molecular weight excluding hydrogens is 362 g/mol. The highest BCUT2D eigenvalue weighted by molar-refractivity contribution is 7.92. The number of benzene rings is 2. The average molecular weight is 385 g/mol. The molecule has 0 saturated heterocycles. The highest BCUT2D eigenvalue weighted by atomic mass is 32.2. The van der Waals surface area contributed by atoms with Gasteiger partial charge in [-0.05, 0) is 42.2 Å². The normalized spacial score (nSPS) is 10.9. The predicted molar refractivity (Wildman–Crippen MR) is 107 cm³/mol. The second-order valence-electron chi connectivity index (χ2n) is 6.14. The van der Waals surface area contributed by atoms with Gasteiger partial charge in [0.15, 0.2) is 0 Å². The number of rotatable bonds is 7. The molecule has 0 radical (unpaired) electrons. The van der Waals surface area contributed by atoms with Gasteiger partial charge in [0.05, 0.1) is 23.6 Å². The molecule has 2 aromatic rings. The zero-order valence-corrected chi connectivity index (χ0v) is 16.5. The number of aryl methyl sites for hydroxylation is 2. The van der Waals surface area contributed by atoms with Crippen molar-refractivity contribution in [3.63, 3.8) is 0 Å². The molecule has 0 atom stereocenters. The van der Waals surface area contributed by atoms with E-state index in [1.807, 2.05) is 38.1 Å². The lowest BCUT2D eigenvalue weighted by Gasteiger charge is -2.26. The van der Waals surface area contributed by atoms with Crippen LogP contribution in [0, 0.1) is 11.3 Å². The molecule has 0 aromatic heterocycles. The third-order valence-electron chi connectivity index (χ3n) is 4.18. The van der Waals surface area contributed by atoms with Crippen LogP contribution in [0.4, 0.5) is 11.4 Å². The summed E-state index contributed by atoms with van der Waals surface area (Å²) < 4.78 is 26.1. The van der Waals surface area contributed by atoms with E-state index in [1.165, 1.54) is 0 Å². The highest BCUT2D eigenvalue weighted by Crippen LogP contribution is 2.29. The van der Waals surface area contributed by atoms with Crippen molar-refractivity contribution in [2.24, 2.45) is 0 Å². The summed E-state index contributed by atoms with van der Waals surface area (Å²) in [5.74, 6) is -0.469. The number of sulfonamides is 1. The van der Waals surface area contributed by atoms with Gasteiger partial charge in [0.1, 0.15) is 6.54 Å². The van der Waals surface area contributed by atoms with Crippen molar-refractivity contribution in [3.05, 3.63) is 59.2 Å². The van der Waals surface area contributed by atoms with E-state index >= 15 is 0 Å². The van der Waals surface area contributed by atoms with Crippen LogP contribution in [-0.4, -0.2) is 27.1 Å². The Morgan fingerprint density at radius 2 is 1.70 bits per heavy atom. The van der Waals surface area contributed by atoms with Crippen molar-refractivity contribution in [1.29, 1.82) is 5.26 Å². The van der Waals surface area contributed by atoms with Crippen LogP contribution in [0.1, 0.15) is 30.5 Å². The minimum Gasteiger partial charge on any atom is -0.324 e. The number of hydrogen-bond donors (Lipinski definition) is 1. The number of carbonyl (C=O) groups excluding carboxylic acids is 1. The third-order valence-corrected chi connectivity index (χ3v) is 5.29. The van der Waals surface area contributed by atoms with Gasteiger partial charge in [-0.15, -0.1) is 0 Å². The number of nitriles is 1. The Hall–Kier alpha value is -2.85. The third kappa shape index (κ3) is 5.08. The summed E-state index contributed by atoms with van der Waals surface area (Å²) in [7, 11) is -3.66. The Kier molecular flexibility index (Phi) is 6.59. The summed E-state index contributed by atoms with van der Waals surface area (Å²) in [4.78, 5) is 12.5. The lowest BCUT2D eigenvalue weighted by atomic mass is 10.0. The summed E-state index contributed by atoms with van der Waals surface area (Å²) in [5, 5.41) is 11.6. The SMILES string of the molecule is CCc1cccc(CC)c1N(CC(=O)Nc1cccc(C#N)c1)S(C)(=O)=O. The first-order valence-corrected chi connectivity index (χ1v) is 10.5. The molecule has 142 valence electrons. The zero-order chi connectivity index (χ0) is 20.0. The van der Waals surface area contributed by atoms with Crippen molar-refractivity contribution in [2.45, 2.75) is 26.7 Å². The number of amides is 1. The molecule has 6 nitrogen and oxygen atoms in total. The second kappa shape index (κ2) is 8.69. The van der Waals surface area contributed by atoms with Gasteiger partial charge in [-0.2, -0.15) is 5.26 Å². The first-order valence-electron chi connectivity index (χ1n) is 8.68. The van der Waals surface area contributed by atoms with Gasteiger partial charge in [0, 0.05) is 5.69 Å². The zero-order valence-electron chi connectivity index (χ0n) is 15.7. The molecule has 0 unspecified atom stereocenters. The van der Waals surface area contributed by atoms with Crippen molar-refractivity contribution in [3.8, 4) is 6.07 Å². The van der Waals surface area contributed by atoms with Crippen molar-refractivity contribution in [2.75, 3.05) is 22.4 Å². The van der Waals surface area contributed by atoms with E-state index in [9.17, 15) is 13.2 Å². The van der Waals surface area contributed by atoms with Gasteiger partial charge in [-0.1, -0.05) is 38.1 Å². The molecule has 0 saturated carbocycles. The fourth-order valence-corrected chi connectivity index (χ4v) is 3.81. The molecule has 0 bridgehead atoms. The molecular formula is C20H23N3O3S. The van der Waals surface area contributed by atoms with E-state index in [2.05, 4.69) is 5.32 Å². The molecule has 0 fully saturated rings. The molecule has 27 heavy (non-hydrogen) atoms. The summed E-state index contributed by atoms with van der Waals surface area (Å²) >= 11 is 0. The van der Waals surface area contributed by atoms with Crippen LogP contribution in [0.2, 0.25) is 0 Å². The number of para-hydroxylation sites is 1. The Morgan fingerprint density at radius 1 is 1.11 bits per heavy atom. The van der Waals surface area contributed by atoms with Crippen LogP contribution < -0.4 is 9.62 Å². The number of carbonyl (C=O) groups is 1. The largest absolute Gasteiger partial charge is 0.324 e. The molecule has 2 rings (SSSR count). The van der Waals surface area contributed by atoms with E-state index in [1.54, 1.807) is 24.3 Å². The molecule has 1 amide bonds. The van der Waals surface area contributed by atoms with E-state index in [0.717, 1.165) is 21.7 Å². The van der Waals surface area contributed by atoms with Crippen LogP contribution in [0.3, 0.4) is 0 Å². The maximum atomic E-state index is 12.5. The highest BCUT2D eigenvalue weighted by Gasteiger charge is 2.25. The van der Waals surface area contributed by atoms with Crippen LogP contribution in [0.15, 0.2) is 42.5 Å². The summed E-state index contributed by atoms with van der Waals surface area (Å²) in [6.07, 6.45) is 2.41. The molecule has 0 aliphatic rings. The van der Waals surface area contributed by atoms with Gasteiger partial charge < -0.3 is 5.32 Å². The fraction of sp³-hybridized carbons (Fsp3) is 0.300. The van der Waals surface area contributed by atoms with Crippen LogP contribution in [0.25, 0.3) is 0 Å². The second-order valence-corrected chi connectivity index (χ2v) is 8.05. The summed E-state index contributed by atoms with van der Waals surface area (Å²) in [5.41, 5.74) is 3.19. The van der Waals surface area contributed by atoms with Gasteiger partial charge in [0.2, 0.25) is 15.9 Å². The standard InChI is InChI=1S/C20H23N3O3S/c1-4-16-9-7-10-17(5-2)20(16)23(27(3,25)26)14-19(24)22-18-11-6-8-15(12-18)13-21/h6-12H,4-5,14H2,1-3H3,(H,22,24). The van der Waals surface area contributed by atoms with E-state index in [4.69, 9.17) is 5.26 Å². The quantitative estimate of drug-likeness (QED) is 0.793. The van der Waals surface area contributed by atoms with Crippen molar-refractivity contribution < 1.29 is 13.2 Å². The minimum absolute atomic E-state index is 0.334. The monoisotopic (exact) mass is 385 g/mol. The molecule has 0 spiro atoms. The van der Waals surface area contributed by atoms with E-state index in [-0.39, 0.29) is 6.54 Å². The molecule has 2 aromatic carbocycles. The first-order chi connectivity index (χ1) is 12.8. The lowest BCUT2D eigenvalue weighted by molar-refractivity contribution is -0.114. The molecule has 0 aliphatic carbocycles. The summed E-state index contributed by atoms with van der Waals surface area (Å²) in [6.45, 7) is 3.57. The number of nitrogens with zero attached hydrogens (tertiary/aromatic N) is 2. The van der Waals surface area contributed by atoms with Gasteiger partial charge in [0.25, 0.3) is 0 Å². The smallest absolute Gasteiger partial charge is 0.245 e. The van der Waals surface area contributed by atoms with Gasteiger partial charge >= 0.3 is 0 Å². The fourth-order valence-electron chi connectivity index (χ4n) is 2.90. The van der Waals surface area contributed by atoms with Crippen LogP contribution >= 0.6 is 0 Å². The summed E-state index contributed by atoms with van der Waals surface area (Å²) in [6, 6.07) is 14.1. The molecule has 1 N–H and O–H groups in total. The Labute approximate surface area is 160 Å². The lowest BCUT2D eigenvalue weighted by Crippen LogP contribution is -2.38. The van der Waals surface area contributed by atoms with Crippen molar-refractivity contribution in [1.82, 2.24) is 0 Å². The van der Waals surface area contributed by atoms with E-state index in [0.29, 0.717) is 29.8 Å².